The molecule has 0 bridgehead atoms. The Balaban J connectivity index is 1.55. The summed E-state index contributed by atoms with van der Waals surface area (Å²) in [5.74, 6) is 0.132. The van der Waals surface area contributed by atoms with Crippen molar-refractivity contribution < 1.29 is 4.79 Å². The van der Waals surface area contributed by atoms with Crippen LogP contribution in [0.5, 0.6) is 0 Å². The molecule has 0 atom stereocenters. The molecule has 0 aromatic heterocycles. The molecule has 1 aromatic carbocycles. The van der Waals surface area contributed by atoms with Gasteiger partial charge in [0.1, 0.15) is 0 Å². The third kappa shape index (κ3) is 6.08. The van der Waals surface area contributed by atoms with Crippen LogP contribution in [-0.2, 0) is 11.3 Å². The minimum absolute atomic E-state index is 0.132. The van der Waals surface area contributed by atoms with Gasteiger partial charge in [0.25, 0.3) is 0 Å². The lowest BCUT2D eigenvalue weighted by atomic mass is 10.1. The molecule has 1 amide bonds. The van der Waals surface area contributed by atoms with Gasteiger partial charge in [0, 0.05) is 29.7 Å². The number of piperidine rings is 2. The maximum atomic E-state index is 12.4. The van der Waals surface area contributed by atoms with Gasteiger partial charge < -0.3 is 10.2 Å². The van der Waals surface area contributed by atoms with Gasteiger partial charge in [0.2, 0.25) is 5.91 Å². The van der Waals surface area contributed by atoms with Crippen molar-refractivity contribution in [1.29, 1.82) is 0 Å². The Bertz CT molecular complexity index is 566. The van der Waals surface area contributed by atoms with Crippen molar-refractivity contribution in [2.24, 2.45) is 0 Å². The molecule has 0 unspecified atom stereocenters. The lowest BCUT2D eigenvalue weighted by molar-refractivity contribution is -0.116. The van der Waals surface area contributed by atoms with Crippen LogP contribution in [0.4, 0.5) is 5.69 Å². The fourth-order valence-corrected chi connectivity index (χ4v) is 4.24. The third-order valence-corrected chi connectivity index (χ3v) is 5.78. The summed E-state index contributed by atoms with van der Waals surface area (Å²) in [4.78, 5) is 17.3. The molecule has 2 aliphatic heterocycles. The van der Waals surface area contributed by atoms with Gasteiger partial charge in [0.15, 0.2) is 0 Å². The van der Waals surface area contributed by atoms with Gasteiger partial charge in [-0.2, -0.15) is 0 Å². The number of benzene rings is 1. The van der Waals surface area contributed by atoms with Gasteiger partial charge in [-0.15, -0.1) is 0 Å². The third-order valence-electron chi connectivity index (χ3n) is 5.29. The molecule has 2 saturated heterocycles. The van der Waals surface area contributed by atoms with Crippen LogP contribution in [-0.4, -0.2) is 48.4 Å². The standard InChI is InChI=1S/C20H30BrN3O/c21-18-7-8-19(17(15-18)16-24-12-5-2-6-13-24)22-20(25)9-14-23-10-3-1-4-11-23/h7-8,15H,1-6,9-14,16H2,(H,22,25). The number of carbonyl (C=O) groups is 1. The first-order chi connectivity index (χ1) is 12.2. The van der Waals surface area contributed by atoms with Crippen molar-refractivity contribution in [1.82, 2.24) is 9.80 Å². The lowest BCUT2D eigenvalue weighted by Crippen LogP contribution is -2.32. The zero-order chi connectivity index (χ0) is 17.5. The quantitative estimate of drug-likeness (QED) is 0.765. The minimum Gasteiger partial charge on any atom is -0.326 e. The van der Waals surface area contributed by atoms with E-state index >= 15 is 0 Å². The molecule has 1 aromatic rings. The van der Waals surface area contributed by atoms with E-state index in [4.69, 9.17) is 0 Å². The van der Waals surface area contributed by atoms with E-state index in [2.05, 4.69) is 37.1 Å². The number of likely N-dealkylation sites (tertiary alicyclic amines) is 2. The number of amides is 1. The summed E-state index contributed by atoms with van der Waals surface area (Å²) < 4.78 is 1.07. The molecule has 5 heteroatoms. The maximum Gasteiger partial charge on any atom is 0.225 e. The smallest absolute Gasteiger partial charge is 0.225 e. The molecular weight excluding hydrogens is 378 g/mol. The molecule has 0 radical (unpaired) electrons. The molecule has 0 saturated carbocycles. The molecule has 2 heterocycles. The lowest BCUT2D eigenvalue weighted by Gasteiger charge is -2.27. The highest BCUT2D eigenvalue weighted by atomic mass is 79.9. The van der Waals surface area contributed by atoms with E-state index in [1.54, 1.807) is 0 Å². The summed E-state index contributed by atoms with van der Waals surface area (Å²) in [5.41, 5.74) is 2.18. The Morgan fingerprint density at radius 2 is 1.60 bits per heavy atom. The molecule has 2 fully saturated rings. The number of anilines is 1. The molecule has 1 N–H and O–H groups in total. The van der Waals surface area contributed by atoms with Crippen molar-refractivity contribution in [3.05, 3.63) is 28.2 Å². The van der Waals surface area contributed by atoms with Crippen LogP contribution in [0.25, 0.3) is 0 Å². The van der Waals surface area contributed by atoms with Crippen LogP contribution in [0.2, 0.25) is 0 Å². The van der Waals surface area contributed by atoms with Crippen LogP contribution in [0.15, 0.2) is 22.7 Å². The number of carbonyl (C=O) groups excluding carboxylic acids is 1. The van der Waals surface area contributed by atoms with Crippen LogP contribution in [0, 0.1) is 0 Å². The van der Waals surface area contributed by atoms with Crippen molar-refractivity contribution in [3.63, 3.8) is 0 Å². The Hall–Kier alpha value is -0.910. The SMILES string of the molecule is O=C(CCN1CCCCC1)Nc1ccc(Br)cc1CN1CCCCC1. The summed E-state index contributed by atoms with van der Waals surface area (Å²) in [6.07, 6.45) is 8.37. The van der Waals surface area contributed by atoms with E-state index < -0.39 is 0 Å². The topological polar surface area (TPSA) is 35.6 Å². The number of rotatable bonds is 6. The first-order valence-electron chi connectivity index (χ1n) is 9.74. The predicted octanol–water partition coefficient (Wildman–Crippen LogP) is 4.25. The van der Waals surface area contributed by atoms with Crippen molar-refractivity contribution in [3.8, 4) is 0 Å². The molecule has 4 nitrogen and oxygen atoms in total. The van der Waals surface area contributed by atoms with Gasteiger partial charge in [-0.1, -0.05) is 28.8 Å². The van der Waals surface area contributed by atoms with Gasteiger partial charge >= 0.3 is 0 Å². The Kier molecular flexibility index (Phi) is 7.32. The normalized spacial score (nSPS) is 19.7. The van der Waals surface area contributed by atoms with Crippen molar-refractivity contribution in [2.75, 3.05) is 38.0 Å². The molecule has 0 spiro atoms. The zero-order valence-corrected chi connectivity index (χ0v) is 16.7. The maximum absolute atomic E-state index is 12.4. The number of nitrogens with one attached hydrogen (secondary N) is 1. The highest BCUT2D eigenvalue weighted by Crippen LogP contribution is 2.24. The summed E-state index contributed by atoms with van der Waals surface area (Å²) in [5, 5.41) is 3.15. The Morgan fingerprint density at radius 3 is 2.28 bits per heavy atom. The minimum atomic E-state index is 0.132. The van der Waals surface area contributed by atoms with Crippen LogP contribution in [0.1, 0.15) is 50.5 Å². The highest BCUT2D eigenvalue weighted by Gasteiger charge is 2.15. The van der Waals surface area contributed by atoms with E-state index in [1.807, 2.05) is 12.1 Å². The first-order valence-corrected chi connectivity index (χ1v) is 10.5. The number of halogens is 1. The number of nitrogens with zero attached hydrogens (tertiary/aromatic N) is 2. The van der Waals surface area contributed by atoms with Gasteiger partial charge in [-0.3, -0.25) is 9.69 Å². The zero-order valence-electron chi connectivity index (χ0n) is 15.1. The van der Waals surface area contributed by atoms with E-state index in [9.17, 15) is 4.79 Å². The largest absolute Gasteiger partial charge is 0.326 e. The molecule has 0 aliphatic carbocycles. The summed E-state index contributed by atoms with van der Waals surface area (Å²) in [7, 11) is 0. The number of hydrogen-bond acceptors (Lipinski definition) is 3. The second-order valence-electron chi connectivity index (χ2n) is 7.34. The summed E-state index contributed by atoms with van der Waals surface area (Å²) in [6.45, 7) is 6.41. The predicted molar refractivity (Wildman–Crippen MR) is 107 cm³/mol. The Labute approximate surface area is 160 Å². The molecule has 25 heavy (non-hydrogen) atoms. The Morgan fingerprint density at radius 1 is 0.960 bits per heavy atom. The fourth-order valence-electron chi connectivity index (χ4n) is 3.83. The van der Waals surface area contributed by atoms with Crippen LogP contribution < -0.4 is 5.32 Å². The van der Waals surface area contributed by atoms with E-state index in [-0.39, 0.29) is 5.91 Å². The second kappa shape index (κ2) is 9.70. The van der Waals surface area contributed by atoms with Gasteiger partial charge in [0.05, 0.1) is 0 Å². The number of hydrogen-bond donors (Lipinski definition) is 1. The van der Waals surface area contributed by atoms with Gasteiger partial charge in [-0.25, -0.2) is 0 Å². The van der Waals surface area contributed by atoms with Crippen LogP contribution >= 0.6 is 15.9 Å². The first kappa shape index (κ1) is 18.9. The monoisotopic (exact) mass is 407 g/mol. The molecule has 2 aliphatic rings. The molecular formula is C20H30BrN3O. The van der Waals surface area contributed by atoms with Crippen molar-refractivity contribution >= 4 is 27.5 Å². The average molecular weight is 408 g/mol. The van der Waals surface area contributed by atoms with E-state index in [1.165, 1.54) is 44.1 Å². The second-order valence-corrected chi connectivity index (χ2v) is 8.25. The fraction of sp³-hybridized carbons (Fsp3) is 0.650. The van der Waals surface area contributed by atoms with Crippen LogP contribution in [0.3, 0.4) is 0 Å². The van der Waals surface area contributed by atoms with Gasteiger partial charge in [-0.05, 0) is 75.6 Å². The molecule has 138 valence electrons. The van der Waals surface area contributed by atoms with E-state index in [0.29, 0.717) is 6.42 Å². The summed E-state index contributed by atoms with van der Waals surface area (Å²) in [6, 6.07) is 6.19. The van der Waals surface area contributed by atoms with Crippen molar-refractivity contribution in [2.45, 2.75) is 51.5 Å². The molecule has 3 rings (SSSR count). The summed E-state index contributed by atoms with van der Waals surface area (Å²) >= 11 is 3.57. The average Bonchev–Trinajstić information content (AvgIpc) is 2.64. The highest BCUT2D eigenvalue weighted by molar-refractivity contribution is 9.10. The van der Waals surface area contributed by atoms with E-state index in [0.717, 1.165) is 49.4 Å².